The number of fused-ring (bicyclic) bond motifs is 3. The highest BCUT2D eigenvalue weighted by atomic mass is 28.4. The molecule has 6 nitrogen and oxygen atoms in total. The predicted molar refractivity (Wildman–Crippen MR) is 186 cm³/mol. The SMILES string of the molecule is [2H]C([2H])([2H])N1C(=O)C2(CC(CO[Si](c3ccccc3)(c3ccccc3)C(C)(C)C)C2)c2cc(Nc3ccc4cccc(C(F)(F)F)c4n3)ncc21. The number of likely N-dealkylation sites (N-methyl/N-ethyl adjacent to an activating group) is 1. The van der Waals surface area contributed by atoms with Gasteiger partial charge in [0.2, 0.25) is 5.91 Å². The van der Waals surface area contributed by atoms with Crippen LogP contribution in [0.1, 0.15) is 48.9 Å². The number of nitrogens with zero attached hydrogens (tertiary/aromatic N) is 3. The third kappa shape index (κ3) is 5.18. The van der Waals surface area contributed by atoms with E-state index in [0.717, 1.165) is 21.3 Å². The molecule has 2 aromatic heterocycles. The van der Waals surface area contributed by atoms with Crippen molar-refractivity contribution in [3.05, 3.63) is 114 Å². The lowest BCUT2D eigenvalue weighted by Gasteiger charge is -2.48. The summed E-state index contributed by atoms with van der Waals surface area (Å²) in [6.45, 7) is 4.23. The zero-order valence-electron chi connectivity index (χ0n) is 29.8. The third-order valence-corrected chi connectivity index (χ3v) is 14.8. The summed E-state index contributed by atoms with van der Waals surface area (Å²) in [5, 5.41) is 5.36. The van der Waals surface area contributed by atoms with Crippen LogP contribution in [0.15, 0.2) is 103 Å². The van der Waals surface area contributed by atoms with Gasteiger partial charge >= 0.3 is 6.18 Å². The number of carbonyl (C=O) groups is 1. The molecule has 1 amide bonds. The fourth-order valence-electron chi connectivity index (χ4n) is 7.54. The van der Waals surface area contributed by atoms with Gasteiger partial charge in [-0.1, -0.05) is 93.6 Å². The van der Waals surface area contributed by atoms with E-state index in [4.69, 9.17) is 8.54 Å². The van der Waals surface area contributed by atoms with Crippen LogP contribution < -0.4 is 20.6 Å². The summed E-state index contributed by atoms with van der Waals surface area (Å²) in [5.41, 5.74) is -1.46. The van der Waals surface area contributed by atoms with Crippen molar-refractivity contribution in [1.29, 1.82) is 0 Å². The van der Waals surface area contributed by atoms with Gasteiger partial charge in [0, 0.05) is 23.1 Å². The van der Waals surface area contributed by atoms with Crippen LogP contribution >= 0.6 is 0 Å². The van der Waals surface area contributed by atoms with Gasteiger partial charge in [-0.2, -0.15) is 13.2 Å². The van der Waals surface area contributed by atoms with E-state index >= 15 is 0 Å². The summed E-state index contributed by atoms with van der Waals surface area (Å²) < 4.78 is 73.0. The Morgan fingerprint density at radius 1 is 0.938 bits per heavy atom. The minimum absolute atomic E-state index is 0.0347. The second-order valence-corrected chi connectivity index (χ2v) is 18.1. The number of halogens is 3. The Morgan fingerprint density at radius 3 is 2.21 bits per heavy atom. The smallest absolute Gasteiger partial charge is 0.407 e. The van der Waals surface area contributed by atoms with E-state index in [1.54, 1.807) is 18.2 Å². The van der Waals surface area contributed by atoms with Crippen molar-refractivity contribution >= 4 is 52.8 Å². The molecule has 2 aliphatic rings. The van der Waals surface area contributed by atoms with Crippen molar-refractivity contribution in [3.63, 3.8) is 0 Å². The number of anilines is 3. The molecule has 1 N–H and O–H groups in total. The predicted octanol–water partition coefficient (Wildman–Crippen LogP) is 7.59. The maximum absolute atomic E-state index is 14.1. The molecule has 0 radical (unpaired) electrons. The molecule has 1 aliphatic heterocycles. The van der Waals surface area contributed by atoms with Crippen molar-refractivity contribution in [2.24, 2.45) is 5.92 Å². The van der Waals surface area contributed by atoms with E-state index in [9.17, 15) is 18.0 Å². The van der Waals surface area contributed by atoms with E-state index in [0.29, 0.717) is 30.4 Å². The molecular weight excluding hydrogens is 630 g/mol. The van der Waals surface area contributed by atoms with Crippen molar-refractivity contribution in [2.45, 2.75) is 50.2 Å². The summed E-state index contributed by atoms with van der Waals surface area (Å²) in [5.74, 6) is -0.191. The number of alkyl halides is 3. The molecule has 1 aliphatic carbocycles. The van der Waals surface area contributed by atoms with E-state index in [-0.39, 0.29) is 33.8 Å². The van der Waals surface area contributed by atoms with E-state index in [2.05, 4.69) is 60.3 Å². The number of rotatable bonds is 7. The number of carbonyl (C=O) groups excluding carboxylic acids is 1. The van der Waals surface area contributed by atoms with Crippen LogP contribution in [0.4, 0.5) is 30.5 Å². The zero-order valence-corrected chi connectivity index (χ0v) is 27.8. The molecule has 1 saturated carbocycles. The number of para-hydroxylation sites is 1. The van der Waals surface area contributed by atoms with Gasteiger partial charge in [0.25, 0.3) is 8.32 Å². The van der Waals surface area contributed by atoms with Crippen LogP contribution in [0.2, 0.25) is 5.04 Å². The Morgan fingerprint density at radius 2 is 1.60 bits per heavy atom. The summed E-state index contributed by atoms with van der Waals surface area (Å²) in [4.78, 5) is 23.5. The molecule has 48 heavy (non-hydrogen) atoms. The lowest BCUT2D eigenvalue weighted by atomic mass is 9.59. The quantitative estimate of drug-likeness (QED) is 0.181. The summed E-state index contributed by atoms with van der Waals surface area (Å²) in [6, 6.07) is 29.1. The first kappa shape index (κ1) is 28.5. The topological polar surface area (TPSA) is 67.3 Å². The van der Waals surface area contributed by atoms with Crippen LogP contribution in [-0.4, -0.2) is 37.8 Å². The van der Waals surface area contributed by atoms with Crippen LogP contribution in [-0.2, 0) is 20.8 Å². The number of amides is 1. The molecule has 3 heterocycles. The molecule has 0 bridgehead atoms. The highest BCUT2D eigenvalue weighted by Gasteiger charge is 2.59. The van der Waals surface area contributed by atoms with Crippen molar-refractivity contribution in [2.75, 3.05) is 23.8 Å². The number of benzene rings is 3. The fraction of sp³-hybridized carbons (Fsp3) is 0.289. The molecule has 7 rings (SSSR count). The molecular formula is C38H37F3N4O2Si. The second-order valence-electron chi connectivity index (χ2n) is 13.8. The Balaban J connectivity index is 1.20. The molecule has 0 atom stereocenters. The third-order valence-electron chi connectivity index (χ3n) is 9.76. The van der Waals surface area contributed by atoms with Crippen LogP contribution in [0.5, 0.6) is 0 Å². The van der Waals surface area contributed by atoms with E-state index < -0.39 is 38.4 Å². The average molecular weight is 670 g/mol. The molecule has 0 unspecified atom stereocenters. The maximum atomic E-state index is 14.1. The average Bonchev–Trinajstić information content (AvgIpc) is 3.32. The van der Waals surface area contributed by atoms with Gasteiger partial charge in [-0.05, 0) is 64.0 Å². The first-order valence-electron chi connectivity index (χ1n) is 17.4. The molecule has 5 aromatic rings. The van der Waals surface area contributed by atoms with Gasteiger partial charge < -0.3 is 14.6 Å². The van der Waals surface area contributed by atoms with Gasteiger partial charge in [0.15, 0.2) is 0 Å². The Labute approximate surface area is 283 Å². The summed E-state index contributed by atoms with van der Waals surface area (Å²) in [6.07, 6.45) is -2.51. The number of aromatic nitrogens is 2. The van der Waals surface area contributed by atoms with Crippen molar-refractivity contribution < 1.29 is 26.5 Å². The molecule has 246 valence electrons. The highest BCUT2D eigenvalue weighted by molar-refractivity contribution is 6.99. The summed E-state index contributed by atoms with van der Waals surface area (Å²) in [7, 11) is -2.85. The van der Waals surface area contributed by atoms with Gasteiger partial charge in [-0.3, -0.25) is 4.79 Å². The Kier molecular flexibility index (Phi) is 6.85. The Bertz CT molecular complexity index is 2060. The molecule has 3 aromatic carbocycles. The molecule has 0 saturated heterocycles. The molecule has 10 heteroatoms. The Hall–Kier alpha value is -4.54. The van der Waals surface area contributed by atoms with Crippen LogP contribution in [0.3, 0.4) is 0 Å². The molecule has 1 fully saturated rings. The van der Waals surface area contributed by atoms with Crippen molar-refractivity contribution in [1.82, 2.24) is 9.97 Å². The highest BCUT2D eigenvalue weighted by Crippen LogP contribution is 2.56. The van der Waals surface area contributed by atoms with E-state index in [1.165, 1.54) is 18.3 Å². The first-order chi connectivity index (χ1) is 24.0. The second kappa shape index (κ2) is 11.6. The lowest BCUT2D eigenvalue weighted by molar-refractivity contribution is -0.136. The minimum Gasteiger partial charge on any atom is -0.407 e. The van der Waals surface area contributed by atoms with Gasteiger partial charge in [-0.15, -0.1) is 0 Å². The van der Waals surface area contributed by atoms with Crippen LogP contribution in [0, 0.1) is 5.92 Å². The van der Waals surface area contributed by atoms with Crippen LogP contribution in [0.25, 0.3) is 10.9 Å². The zero-order chi connectivity index (χ0) is 36.4. The largest absolute Gasteiger partial charge is 0.418 e. The lowest BCUT2D eigenvalue weighted by Crippen LogP contribution is -2.67. The number of nitrogens with one attached hydrogen (secondary N) is 1. The normalized spacial score (nSPS) is 20.6. The van der Waals surface area contributed by atoms with Gasteiger partial charge in [0.1, 0.15) is 11.6 Å². The fourth-order valence-corrected chi connectivity index (χ4v) is 12.2. The molecule has 1 spiro atoms. The first-order valence-corrected chi connectivity index (χ1v) is 17.8. The summed E-state index contributed by atoms with van der Waals surface area (Å²) >= 11 is 0. The standard InChI is InChI=1S/C38H37F3N4O2Si/c1-36(2,3)48(27-13-7-5-8-14-27,28-15-9-6-10-16-28)47-24-25-21-37(22-25)30-20-33(42-23-31(30)45(4)35(37)46)43-32-19-18-26-12-11-17-29(34(26)44-32)38(39,40)41/h5-20,23,25H,21-22,24H2,1-4H3,(H,42,43,44)/i4D3. The maximum Gasteiger partial charge on any atom is 0.418 e. The number of hydrogen-bond donors (Lipinski definition) is 1. The number of hydrogen-bond acceptors (Lipinski definition) is 5. The van der Waals surface area contributed by atoms with Crippen molar-refractivity contribution in [3.8, 4) is 0 Å². The monoisotopic (exact) mass is 669 g/mol. The van der Waals surface area contributed by atoms with Gasteiger partial charge in [0.05, 0.1) is 28.4 Å². The van der Waals surface area contributed by atoms with E-state index in [1.807, 2.05) is 36.4 Å². The van der Waals surface area contributed by atoms with Gasteiger partial charge in [-0.25, -0.2) is 9.97 Å². The number of pyridine rings is 2. The minimum atomic E-state index is -4.59.